The Hall–Kier alpha value is -3.22. The Kier molecular flexibility index (Phi) is 6.07. The van der Waals surface area contributed by atoms with Crippen LogP contribution < -0.4 is 19.9 Å². The fourth-order valence-electron chi connectivity index (χ4n) is 4.02. The van der Waals surface area contributed by atoms with Crippen LogP contribution in [-0.2, 0) is 4.79 Å². The number of piperazine rings is 1. The third kappa shape index (κ3) is 4.50. The van der Waals surface area contributed by atoms with Crippen LogP contribution in [0, 0.1) is 0 Å². The van der Waals surface area contributed by atoms with E-state index in [9.17, 15) is 9.59 Å². The maximum absolute atomic E-state index is 12.7. The SMILES string of the molecule is CCOc1ccc(N2C[C@H](NC(=O)N3CCN(c4ccccc4)CC3)CC2=O)cc1. The van der Waals surface area contributed by atoms with Crippen LogP contribution in [0.25, 0.3) is 0 Å². The molecule has 30 heavy (non-hydrogen) atoms. The summed E-state index contributed by atoms with van der Waals surface area (Å²) in [5.41, 5.74) is 2.02. The van der Waals surface area contributed by atoms with Crippen molar-refractivity contribution in [2.24, 2.45) is 0 Å². The van der Waals surface area contributed by atoms with E-state index >= 15 is 0 Å². The van der Waals surface area contributed by atoms with E-state index in [4.69, 9.17) is 4.74 Å². The fourth-order valence-corrected chi connectivity index (χ4v) is 4.02. The molecule has 7 heteroatoms. The predicted octanol–water partition coefficient (Wildman–Crippen LogP) is 2.72. The molecule has 0 bridgehead atoms. The third-order valence-electron chi connectivity index (χ3n) is 5.60. The number of hydrogen-bond acceptors (Lipinski definition) is 4. The lowest BCUT2D eigenvalue weighted by Crippen LogP contribution is -2.53. The Labute approximate surface area is 177 Å². The third-order valence-corrected chi connectivity index (χ3v) is 5.60. The molecule has 2 aromatic carbocycles. The minimum atomic E-state index is -0.177. The van der Waals surface area contributed by atoms with Crippen molar-refractivity contribution in [3.8, 4) is 5.75 Å². The minimum absolute atomic E-state index is 0.0263. The lowest BCUT2D eigenvalue weighted by molar-refractivity contribution is -0.117. The van der Waals surface area contributed by atoms with Crippen LogP contribution in [0.4, 0.5) is 16.2 Å². The topological polar surface area (TPSA) is 65.1 Å². The molecule has 0 radical (unpaired) electrons. The first-order valence-corrected chi connectivity index (χ1v) is 10.5. The van der Waals surface area contributed by atoms with Crippen molar-refractivity contribution >= 4 is 23.3 Å². The zero-order valence-electron chi connectivity index (χ0n) is 17.3. The zero-order valence-corrected chi connectivity index (χ0v) is 17.3. The number of benzene rings is 2. The molecule has 3 amide bonds. The molecule has 158 valence electrons. The number of hydrogen-bond donors (Lipinski definition) is 1. The maximum Gasteiger partial charge on any atom is 0.317 e. The van der Waals surface area contributed by atoms with Crippen molar-refractivity contribution in [1.82, 2.24) is 10.2 Å². The van der Waals surface area contributed by atoms with Crippen LogP contribution in [0.5, 0.6) is 5.75 Å². The molecule has 0 aliphatic carbocycles. The van der Waals surface area contributed by atoms with Crippen LogP contribution in [0.1, 0.15) is 13.3 Å². The molecule has 2 aliphatic heterocycles. The van der Waals surface area contributed by atoms with Gasteiger partial charge in [0.05, 0.1) is 12.6 Å². The van der Waals surface area contributed by atoms with Crippen molar-refractivity contribution in [3.05, 3.63) is 54.6 Å². The molecule has 4 rings (SSSR count). The van der Waals surface area contributed by atoms with E-state index < -0.39 is 0 Å². The van der Waals surface area contributed by atoms with Gasteiger partial charge in [-0.1, -0.05) is 18.2 Å². The Balaban J connectivity index is 1.28. The highest BCUT2D eigenvalue weighted by Gasteiger charge is 2.33. The highest BCUT2D eigenvalue weighted by Crippen LogP contribution is 2.24. The summed E-state index contributed by atoms with van der Waals surface area (Å²) < 4.78 is 5.46. The smallest absolute Gasteiger partial charge is 0.317 e. The van der Waals surface area contributed by atoms with Crippen LogP contribution in [0.3, 0.4) is 0 Å². The molecule has 2 fully saturated rings. The van der Waals surface area contributed by atoms with Crippen molar-refractivity contribution in [3.63, 3.8) is 0 Å². The molecule has 7 nitrogen and oxygen atoms in total. The summed E-state index contributed by atoms with van der Waals surface area (Å²) in [5.74, 6) is 0.811. The minimum Gasteiger partial charge on any atom is -0.494 e. The van der Waals surface area contributed by atoms with E-state index in [0.29, 0.717) is 32.7 Å². The number of nitrogens with one attached hydrogen (secondary N) is 1. The highest BCUT2D eigenvalue weighted by atomic mass is 16.5. The number of para-hydroxylation sites is 1. The van der Waals surface area contributed by atoms with E-state index in [1.165, 1.54) is 5.69 Å². The van der Waals surface area contributed by atoms with Gasteiger partial charge in [-0.3, -0.25) is 4.79 Å². The van der Waals surface area contributed by atoms with Gasteiger partial charge in [0.2, 0.25) is 5.91 Å². The Morgan fingerprint density at radius 2 is 1.70 bits per heavy atom. The Bertz CT molecular complexity index is 864. The van der Waals surface area contributed by atoms with Gasteiger partial charge in [0.25, 0.3) is 0 Å². The van der Waals surface area contributed by atoms with Gasteiger partial charge in [-0.05, 0) is 43.3 Å². The van der Waals surface area contributed by atoms with Gasteiger partial charge in [0.15, 0.2) is 0 Å². The second kappa shape index (κ2) is 9.07. The Morgan fingerprint density at radius 3 is 2.37 bits per heavy atom. The van der Waals surface area contributed by atoms with E-state index in [1.807, 2.05) is 54.3 Å². The average molecular weight is 409 g/mol. The monoisotopic (exact) mass is 408 g/mol. The number of rotatable bonds is 5. The van der Waals surface area contributed by atoms with E-state index in [1.54, 1.807) is 4.90 Å². The van der Waals surface area contributed by atoms with Gasteiger partial charge < -0.3 is 24.8 Å². The van der Waals surface area contributed by atoms with E-state index in [0.717, 1.165) is 24.5 Å². The number of nitrogens with zero attached hydrogens (tertiary/aromatic N) is 3. The number of ether oxygens (including phenoxy) is 1. The molecule has 0 spiro atoms. The molecule has 0 aromatic heterocycles. The summed E-state index contributed by atoms with van der Waals surface area (Å²) in [6.45, 7) is 5.98. The first-order chi connectivity index (χ1) is 14.6. The van der Waals surface area contributed by atoms with Gasteiger partial charge in [-0.25, -0.2) is 4.79 Å². The number of carbonyl (C=O) groups is 2. The lowest BCUT2D eigenvalue weighted by Gasteiger charge is -2.36. The van der Waals surface area contributed by atoms with Crippen LogP contribution in [0.15, 0.2) is 54.6 Å². The quantitative estimate of drug-likeness (QED) is 0.826. The molecular weight excluding hydrogens is 380 g/mol. The van der Waals surface area contributed by atoms with E-state index in [-0.39, 0.29) is 18.0 Å². The number of carbonyl (C=O) groups excluding carboxylic acids is 2. The molecular formula is C23H28N4O3. The zero-order chi connectivity index (χ0) is 20.9. The molecule has 2 heterocycles. The summed E-state index contributed by atoms with van der Waals surface area (Å²) in [5, 5.41) is 3.05. The molecule has 2 aromatic rings. The molecule has 2 aliphatic rings. The average Bonchev–Trinajstić information content (AvgIpc) is 3.15. The predicted molar refractivity (Wildman–Crippen MR) is 117 cm³/mol. The summed E-state index contributed by atoms with van der Waals surface area (Å²) >= 11 is 0. The summed E-state index contributed by atoms with van der Waals surface area (Å²) in [6, 6.07) is 17.5. The number of anilines is 2. The largest absolute Gasteiger partial charge is 0.494 e. The second-order valence-corrected chi connectivity index (χ2v) is 7.59. The van der Waals surface area contributed by atoms with Gasteiger partial charge in [-0.2, -0.15) is 0 Å². The van der Waals surface area contributed by atoms with Crippen LogP contribution >= 0.6 is 0 Å². The fraction of sp³-hybridized carbons (Fsp3) is 0.391. The Morgan fingerprint density at radius 1 is 1.00 bits per heavy atom. The number of urea groups is 1. The molecule has 1 N–H and O–H groups in total. The summed E-state index contributed by atoms with van der Waals surface area (Å²) in [7, 11) is 0. The van der Waals surface area contributed by atoms with Crippen molar-refractivity contribution in [2.75, 3.05) is 49.1 Å². The first kappa shape index (κ1) is 20.1. The standard InChI is InChI=1S/C23H28N4O3/c1-2-30-21-10-8-20(9-11-21)27-17-18(16-22(27)28)24-23(29)26-14-12-25(13-15-26)19-6-4-3-5-7-19/h3-11,18H,2,12-17H2,1H3,(H,24,29)/t18-/m1/s1. The normalized spacial score (nSPS) is 19.2. The second-order valence-electron chi connectivity index (χ2n) is 7.59. The first-order valence-electron chi connectivity index (χ1n) is 10.5. The summed E-state index contributed by atoms with van der Waals surface area (Å²) in [4.78, 5) is 31.0. The van der Waals surface area contributed by atoms with Crippen molar-refractivity contribution < 1.29 is 14.3 Å². The van der Waals surface area contributed by atoms with Gasteiger partial charge in [-0.15, -0.1) is 0 Å². The maximum atomic E-state index is 12.7. The molecule has 0 unspecified atom stereocenters. The molecule has 0 saturated carbocycles. The summed E-state index contributed by atoms with van der Waals surface area (Å²) in [6.07, 6.45) is 0.322. The highest BCUT2D eigenvalue weighted by molar-refractivity contribution is 5.96. The number of amides is 3. The van der Waals surface area contributed by atoms with Gasteiger partial charge in [0.1, 0.15) is 5.75 Å². The molecule has 2 saturated heterocycles. The van der Waals surface area contributed by atoms with Crippen LogP contribution in [-0.4, -0.2) is 62.2 Å². The molecule has 1 atom stereocenters. The van der Waals surface area contributed by atoms with Gasteiger partial charge in [0, 0.05) is 50.5 Å². The van der Waals surface area contributed by atoms with Crippen LogP contribution in [0.2, 0.25) is 0 Å². The van der Waals surface area contributed by atoms with Crippen molar-refractivity contribution in [2.45, 2.75) is 19.4 Å². The van der Waals surface area contributed by atoms with Gasteiger partial charge >= 0.3 is 6.03 Å². The van der Waals surface area contributed by atoms with E-state index in [2.05, 4.69) is 22.3 Å². The lowest BCUT2D eigenvalue weighted by atomic mass is 10.2. The van der Waals surface area contributed by atoms with Crippen molar-refractivity contribution in [1.29, 1.82) is 0 Å².